The third-order valence-electron chi connectivity index (χ3n) is 15.6. The van der Waals surface area contributed by atoms with Gasteiger partial charge in [-0.25, -0.2) is 4.79 Å². The summed E-state index contributed by atoms with van der Waals surface area (Å²) in [4.78, 5) is 72.5. The van der Waals surface area contributed by atoms with Crippen molar-refractivity contribution in [2.24, 2.45) is 35.5 Å². The molecular formula is C56H91NO14S. The molecule has 0 aromatic rings. The number of Topliss-reactive ketones (excluding diaryl/α,β-unsaturated/α-hetero) is 3. The van der Waals surface area contributed by atoms with Crippen LogP contribution in [0, 0.1) is 35.5 Å². The van der Waals surface area contributed by atoms with Crippen LogP contribution in [0.3, 0.4) is 0 Å². The molecule has 0 aromatic carbocycles. The number of ketones is 3. The molecule has 3 fully saturated rings. The standard InChI is InChI=1S/C56H91NO14S/c1-35-19-14-13-15-20-36(2)47(66-8)33-43-24-22-41(7)56(64,71-43)53(61)54(62)57-26-17-16-21-44(57)55(63)70-48(34-45(58)37(3)30-40(6)51(60)52(68-10)50(59)39(5)29-35)38(4)31-42-23-25-46(49(32-42)67-9)69-27-18-28-72(11,12)65/h13-15,19-20,30,35,37-39,41-44,46-49,51-52,60,64,72H,16-18,21-29,31-34H2,1-12H3/b15-13+,19-14+,36-20+,40-30+/t35-,37-,38+,39-,41-,42+,43+,44+,46-,47+,48+,49-,51-,52+,56-/m1/s1. The molecule has 2 N–H and O–H groups in total. The van der Waals surface area contributed by atoms with Crippen molar-refractivity contribution in [3.05, 3.63) is 47.6 Å². The fraction of sp³-hybridized carbons (Fsp3) is 0.768. The Morgan fingerprint density at radius 3 is 2.25 bits per heavy atom. The molecule has 1 amide bonds. The predicted molar refractivity (Wildman–Crippen MR) is 280 cm³/mol. The highest BCUT2D eigenvalue weighted by molar-refractivity contribution is 8.01. The van der Waals surface area contributed by atoms with E-state index in [9.17, 15) is 38.4 Å². The van der Waals surface area contributed by atoms with Crippen LogP contribution in [-0.2, 0) is 62.3 Å². The van der Waals surface area contributed by atoms with E-state index in [0.29, 0.717) is 75.7 Å². The third-order valence-corrected chi connectivity index (χ3v) is 17.0. The Morgan fingerprint density at radius 1 is 0.861 bits per heavy atom. The summed E-state index contributed by atoms with van der Waals surface area (Å²) >= 11 is 0. The summed E-state index contributed by atoms with van der Waals surface area (Å²) in [6, 6.07) is -1.15. The first-order chi connectivity index (χ1) is 33.9. The van der Waals surface area contributed by atoms with Crippen molar-refractivity contribution >= 4 is 39.2 Å². The molecule has 1 aliphatic carbocycles. The maximum atomic E-state index is 14.5. The largest absolute Gasteiger partial charge is 0.460 e. The van der Waals surface area contributed by atoms with Crippen LogP contribution in [0.4, 0.5) is 0 Å². The van der Waals surface area contributed by atoms with Crippen molar-refractivity contribution < 1.29 is 66.8 Å². The van der Waals surface area contributed by atoms with Crippen LogP contribution in [-0.4, -0.2) is 156 Å². The molecule has 16 heteroatoms. The second kappa shape index (κ2) is 28.6. The Hall–Kier alpha value is -3.22. The smallest absolute Gasteiger partial charge is 0.329 e. The zero-order chi connectivity index (χ0) is 53.5. The number of piperidine rings is 1. The normalized spacial score (nSPS) is 38.1. The minimum atomic E-state index is -2.44. The molecule has 72 heavy (non-hydrogen) atoms. The van der Waals surface area contributed by atoms with E-state index < -0.39 is 87.7 Å². The molecule has 4 aliphatic rings. The highest BCUT2D eigenvalue weighted by Gasteiger charge is 2.53. The predicted octanol–water partition coefficient (Wildman–Crippen LogP) is 6.87. The Bertz CT molecular complexity index is 1990. The fourth-order valence-corrected chi connectivity index (χ4v) is 11.9. The summed E-state index contributed by atoms with van der Waals surface area (Å²) in [5.74, 6) is -7.34. The number of carbonyl (C=O) groups excluding carboxylic acids is 5. The Kier molecular flexibility index (Phi) is 24.4. The number of cyclic esters (lactones) is 1. The number of aliphatic hydroxyl groups is 2. The number of ether oxygens (including phenoxy) is 6. The highest BCUT2D eigenvalue weighted by atomic mass is 32.2. The lowest BCUT2D eigenvalue weighted by Crippen LogP contribution is -2.61. The summed E-state index contributed by atoms with van der Waals surface area (Å²) < 4.78 is 48.4. The van der Waals surface area contributed by atoms with Crippen LogP contribution < -0.4 is 0 Å². The molecule has 410 valence electrons. The fourth-order valence-electron chi connectivity index (χ4n) is 11.0. The second-order valence-corrected chi connectivity index (χ2v) is 25.7. The van der Waals surface area contributed by atoms with Crippen LogP contribution in [0.15, 0.2) is 47.6 Å². The molecule has 3 heterocycles. The highest BCUT2D eigenvalue weighted by Crippen LogP contribution is 2.38. The third kappa shape index (κ3) is 17.4. The van der Waals surface area contributed by atoms with Crippen LogP contribution in [0.25, 0.3) is 0 Å². The van der Waals surface area contributed by atoms with E-state index in [0.717, 1.165) is 18.4 Å². The van der Waals surface area contributed by atoms with Gasteiger partial charge in [0.25, 0.3) is 11.7 Å². The van der Waals surface area contributed by atoms with E-state index in [-0.39, 0.29) is 60.9 Å². The molecule has 0 radical (unpaired) electrons. The first kappa shape index (κ1) is 61.3. The van der Waals surface area contributed by atoms with Crippen LogP contribution in [0.5, 0.6) is 0 Å². The zero-order valence-electron chi connectivity index (χ0n) is 45.5. The molecule has 0 unspecified atom stereocenters. The Morgan fingerprint density at radius 2 is 1.58 bits per heavy atom. The number of esters is 1. The second-order valence-electron chi connectivity index (χ2n) is 22.1. The average Bonchev–Trinajstić information content (AvgIpc) is 3.34. The van der Waals surface area contributed by atoms with Gasteiger partial charge in [-0.3, -0.25) is 23.4 Å². The van der Waals surface area contributed by atoms with Crippen LogP contribution >= 0.6 is 0 Å². The van der Waals surface area contributed by atoms with Gasteiger partial charge in [0, 0.05) is 70.8 Å². The lowest BCUT2D eigenvalue weighted by Gasteiger charge is -2.42. The van der Waals surface area contributed by atoms with Gasteiger partial charge < -0.3 is 43.5 Å². The molecule has 15 atom stereocenters. The number of carbonyl (C=O) groups is 5. The summed E-state index contributed by atoms with van der Waals surface area (Å²) in [5, 5.41) is 23.5. The number of nitrogens with zero attached hydrogens (tertiary/aromatic N) is 1. The molecule has 4 rings (SSSR count). The van der Waals surface area contributed by atoms with Crippen LogP contribution in [0.2, 0.25) is 0 Å². The molecule has 1 saturated carbocycles. The number of thiol groups is 1. The maximum Gasteiger partial charge on any atom is 0.329 e. The van der Waals surface area contributed by atoms with E-state index in [4.69, 9.17) is 28.4 Å². The number of hydrogen-bond donors (Lipinski definition) is 3. The number of fused-ring (bicyclic) bond motifs is 3. The van der Waals surface area contributed by atoms with Gasteiger partial charge in [0.05, 0.1) is 24.4 Å². The zero-order valence-corrected chi connectivity index (χ0v) is 46.4. The van der Waals surface area contributed by atoms with Gasteiger partial charge >= 0.3 is 5.97 Å². The van der Waals surface area contributed by atoms with E-state index >= 15 is 0 Å². The topological polar surface area (TPSA) is 201 Å². The van der Waals surface area contributed by atoms with Gasteiger partial charge in [0.2, 0.25) is 5.79 Å². The molecular weight excluding hydrogens is 943 g/mol. The van der Waals surface area contributed by atoms with Gasteiger partial charge in [0.1, 0.15) is 30.1 Å². The van der Waals surface area contributed by atoms with E-state index in [1.807, 2.05) is 58.1 Å². The number of aliphatic hydroxyl groups excluding tert-OH is 1. The Labute approximate surface area is 431 Å². The number of rotatable bonds is 11. The summed E-state index contributed by atoms with van der Waals surface area (Å²) in [6.45, 7) is 13.3. The van der Waals surface area contributed by atoms with Crippen molar-refractivity contribution in [2.75, 3.05) is 52.7 Å². The van der Waals surface area contributed by atoms with Gasteiger partial charge in [-0.1, -0.05) is 71.1 Å². The van der Waals surface area contributed by atoms with Crippen molar-refractivity contribution in [3.8, 4) is 0 Å². The van der Waals surface area contributed by atoms with Gasteiger partial charge in [-0.2, -0.15) is 0 Å². The lowest BCUT2D eigenvalue weighted by molar-refractivity contribution is -0.265. The van der Waals surface area contributed by atoms with Crippen molar-refractivity contribution in [2.45, 2.75) is 186 Å². The average molecular weight is 1030 g/mol. The van der Waals surface area contributed by atoms with Gasteiger partial charge in [-0.05, 0) is 126 Å². The lowest BCUT2D eigenvalue weighted by atomic mass is 9.78. The molecule has 2 bridgehead atoms. The summed E-state index contributed by atoms with van der Waals surface area (Å²) in [7, 11) is 2.47. The SMILES string of the molecule is CO[C@H]1C[C@@H]2CC[C@@H](C)[C@@](O)(O2)C(=O)C(=O)N2CCCC[C@H]2C(=O)O[C@H]([C@@H](C)C[C@@H]2CC[C@@H](OCCC[SH](C)(C)=O)[C@H](OC)C2)CC(=O)[C@H](C)/C=C(\C)[C@@H](O)[C@@H](OC)C(=O)[C@H](C)C[C@H](C)/C=C/C=C/C=C/1C. The first-order valence-electron chi connectivity index (χ1n) is 26.6. The Balaban J connectivity index is 1.67. The van der Waals surface area contributed by atoms with E-state index in [1.54, 1.807) is 53.6 Å². The number of amides is 1. The number of methoxy groups -OCH3 is 3. The first-order valence-corrected chi connectivity index (χ1v) is 29.4. The molecule has 0 aromatic heterocycles. The van der Waals surface area contributed by atoms with E-state index in [2.05, 4.69) is 0 Å². The molecule has 3 aliphatic heterocycles. The number of allylic oxidation sites excluding steroid dienone is 6. The maximum absolute atomic E-state index is 14.5. The number of hydrogen-bond acceptors (Lipinski definition) is 14. The van der Waals surface area contributed by atoms with Gasteiger partial charge in [0.15, 0.2) is 5.78 Å². The quantitative estimate of drug-likeness (QED) is 0.0636. The summed E-state index contributed by atoms with van der Waals surface area (Å²) in [5.41, 5.74) is 1.27. The van der Waals surface area contributed by atoms with Gasteiger partial charge in [-0.15, -0.1) is 9.93 Å². The van der Waals surface area contributed by atoms with Crippen molar-refractivity contribution in [1.29, 1.82) is 0 Å². The minimum absolute atomic E-state index is 0.0139. The monoisotopic (exact) mass is 1030 g/mol. The molecule has 15 nitrogen and oxygen atoms in total. The summed E-state index contributed by atoms with van der Waals surface area (Å²) in [6.07, 6.45) is 16.4. The molecule has 2 saturated heterocycles. The van der Waals surface area contributed by atoms with Crippen molar-refractivity contribution in [3.63, 3.8) is 0 Å². The van der Waals surface area contributed by atoms with E-state index in [1.165, 1.54) is 12.0 Å². The van der Waals surface area contributed by atoms with Crippen LogP contribution in [0.1, 0.15) is 132 Å². The minimum Gasteiger partial charge on any atom is -0.460 e. The molecule has 0 spiro atoms. The van der Waals surface area contributed by atoms with Crippen molar-refractivity contribution in [1.82, 2.24) is 4.90 Å².